The van der Waals surface area contributed by atoms with Crippen LogP contribution >= 0.6 is 15.9 Å². The summed E-state index contributed by atoms with van der Waals surface area (Å²) < 4.78 is 1.72. The SMILES string of the molecule is O=C(NCC1CCC(Br)C1)c1cnn(-c2ccccc2)c1. The molecule has 1 aliphatic rings. The minimum atomic E-state index is -0.0461. The third-order valence-electron chi connectivity index (χ3n) is 3.89. The summed E-state index contributed by atoms with van der Waals surface area (Å²) in [4.78, 5) is 12.8. The van der Waals surface area contributed by atoms with Crippen LogP contribution in [0.1, 0.15) is 29.6 Å². The first-order valence-corrected chi connectivity index (χ1v) is 8.16. The fourth-order valence-electron chi connectivity index (χ4n) is 2.70. The van der Waals surface area contributed by atoms with Crippen LogP contribution in [-0.4, -0.2) is 27.1 Å². The molecule has 1 aromatic heterocycles. The average Bonchev–Trinajstić information content (AvgIpc) is 3.15. The molecule has 2 aromatic rings. The highest BCUT2D eigenvalue weighted by Crippen LogP contribution is 2.30. The summed E-state index contributed by atoms with van der Waals surface area (Å²) in [6.45, 7) is 0.747. The smallest absolute Gasteiger partial charge is 0.254 e. The van der Waals surface area contributed by atoms with Gasteiger partial charge in [-0.2, -0.15) is 5.10 Å². The number of para-hydroxylation sites is 1. The maximum atomic E-state index is 12.2. The van der Waals surface area contributed by atoms with Gasteiger partial charge in [-0.25, -0.2) is 4.68 Å². The minimum absolute atomic E-state index is 0.0461. The van der Waals surface area contributed by atoms with Gasteiger partial charge in [-0.3, -0.25) is 4.79 Å². The molecule has 1 saturated carbocycles. The van der Waals surface area contributed by atoms with Crippen molar-refractivity contribution >= 4 is 21.8 Å². The number of hydrogen-bond donors (Lipinski definition) is 1. The largest absolute Gasteiger partial charge is 0.352 e. The van der Waals surface area contributed by atoms with Gasteiger partial charge in [0.25, 0.3) is 5.91 Å². The fourth-order valence-corrected chi connectivity index (χ4v) is 3.49. The van der Waals surface area contributed by atoms with E-state index in [2.05, 4.69) is 26.3 Å². The monoisotopic (exact) mass is 347 g/mol. The molecule has 1 N–H and O–H groups in total. The number of aromatic nitrogens is 2. The Labute approximate surface area is 132 Å². The van der Waals surface area contributed by atoms with Crippen molar-refractivity contribution < 1.29 is 4.79 Å². The van der Waals surface area contributed by atoms with Crippen LogP contribution in [-0.2, 0) is 0 Å². The zero-order chi connectivity index (χ0) is 14.7. The van der Waals surface area contributed by atoms with Crippen molar-refractivity contribution in [3.8, 4) is 5.69 Å². The van der Waals surface area contributed by atoms with Gasteiger partial charge in [-0.1, -0.05) is 34.1 Å². The number of nitrogens with zero attached hydrogens (tertiary/aromatic N) is 2. The van der Waals surface area contributed by atoms with E-state index in [1.807, 2.05) is 30.3 Å². The molecule has 1 aliphatic carbocycles. The quantitative estimate of drug-likeness (QED) is 0.863. The van der Waals surface area contributed by atoms with Crippen LogP contribution in [0.15, 0.2) is 42.7 Å². The first-order valence-electron chi connectivity index (χ1n) is 7.25. The maximum Gasteiger partial charge on any atom is 0.254 e. The van der Waals surface area contributed by atoms with Crippen LogP contribution in [0.25, 0.3) is 5.69 Å². The van der Waals surface area contributed by atoms with E-state index in [0.717, 1.165) is 18.7 Å². The lowest BCUT2D eigenvalue weighted by Gasteiger charge is -2.09. The molecule has 0 radical (unpaired) electrons. The number of halogens is 1. The Balaban J connectivity index is 1.59. The van der Waals surface area contributed by atoms with Crippen molar-refractivity contribution in [1.82, 2.24) is 15.1 Å². The lowest BCUT2D eigenvalue weighted by Crippen LogP contribution is -2.28. The van der Waals surface area contributed by atoms with Crippen LogP contribution in [0.2, 0.25) is 0 Å². The first-order chi connectivity index (χ1) is 10.2. The predicted octanol–water partition coefficient (Wildman–Crippen LogP) is 3.17. The zero-order valence-corrected chi connectivity index (χ0v) is 13.3. The second-order valence-electron chi connectivity index (χ2n) is 5.50. The molecule has 2 unspecified atom stereocenters. The van der Waals surface area contributed by atoms with Gasteiger partial charge in [0.1, 0.15) is 0 Å². The van der Waals surface area contributed by atoms with Gasteiger partial charge < -0.3 is 5.32 Å². The molecule has 4 nitrogen and oxygen atoms in total. The van der Waals surface area contributed by atoms with Gasteiger partial charge >= 0.3 is 0 Å². The van der Waals surface area contributed by atoms with E-state index < -0.39 is 0 Å². The first kappa shape index (κ1) is 14.3. The van der Waals surface area contributed by atoms with E-state index in [9.17, 15) is 4.79 Å². The van der Waals surface area contributed by atoms with Crippen molar-refractivity contribution in [2.24, 2.45) is 5.92 Å². The third kappa shape index (κ3) is 3.53. The molecule has 1 fully saturated rings. The van der Waals surface area contributed by atoms with Crippen molar-refractivity contribution in [2.75, 3.05) is 6.54 Å². The van der Waals surface area contributed by atoms with E-state index in [-0.39, 0.29) is 5.91 Å². The number of benzene rings is 1. The Morgan fingerprint density at radius 2 is 2.14 bits per heavy atom. The van der Waals surface area contributed by atoms with Crippen LogP contribution in [0, 0.1) is 5.92 Å². The highest BCUT2D eigenvalue weighted by molar-refractivity contribution is 9.09. The Morgan fingerprint density at radius 1 is 1.33 bits per heavy atom. The lowest BCUT2D eigenvalue weighted by molar-refractivity contribution is 0.0947. The molecule has 110 valence electrons. The molecule has 0 bridgehead atoms. The highest BCUT2D eigenvalue weighted by atomic mass is 79.9. The molecule has 5 heteroatoms. The Bertz CT molecular complexity index is 611. The van der Waals surface area contributed by atoms with Crippen molar-refractivity contribution in [1.29, 1.82) is 0 Å². The number of rotatable bonds is 4. The van der Waals surface area contributed by atoms with Gasteiger partial charge in [0.2, 0.25) is 0 Å². The van der Waals surface area contributed by atoms with E-state index >= 15 is 0 Å². The minimum Gasteiger partial charge on any atom is -0.352 e. The molecular weight excluding hydrogens is 330 g/mol. The van der Waals surface area contributed by atoms with E-state index in [0.29, 0.717) is 16.3 Å². The molecule has 1 amide bonds. The summed E-state index contributed by atoms with van der Waals surface area (Å²) in [5.41, 5.74) is 1.56. The van der Waals surface area contributed by atoms with E-state index in [1.165, 1.54) is 12.8 Å². The van der Waals surface area contributed by atoms with Gasteiger partial charge in [-0.15, -0.1) is 0 Å². The summed E-state index contributed by atoms with van der Waals surface area (Å²) in [5.74, 6) is 0.540. The number of nitrogens with one attached hydrogen (secondary N) is 1. The third-order valence-corrected chi connectivity index (χ3v) is 4.73. The Kier molecular flexibility index (Phi) is 4.39. The molecule has 21 heavy (non-hydrogen) atoms. The maximum absolute atomic E-state index is 12.2. The summed E-state index contributed by atoms with van der Waals surface area (Å²) in [6.07, 6.45) is 6.91. The lowest BCUT2D eigenvalue weighted by atomic mass is 10.1. The van der Waals surface area contributed by atoms with Crippen molar-refractivity contribution in [2.45, 2.75) is 24.1 Å². The molecule has 1 aromatic carbocycles. The number of carbonyl (C=O) groups is 1. The summed E-state index contributed by atoms with van der Waals surface area (Å²) in [6, 6.07) is 9.78. The number of alkyl halides is 1. The van der Waals surface area contributed by atoms with Gasteiger partial charge in [0.15, 0.2) is 0 Å². The van der Waals surface area contributed by atoms with Crippen molar-refractivity contribution in [3.63, 3.8) is 0 Å². The summed E-state index contributed by atoms with van der Waals surface area (Å²) in [7, 11) is 0. The molecule has 1 heterocycles. The zero-order valence-electron chi connectivity index (χ0n) is 11.7. The average molecular weight is 348 g/mol. The van der Waals surface area contributed by atoms with Crippen LogP contribution in [0.3, 0.4) is 0 Å². The molecule has 2 atom stereocenters. The molecule has 0 saturated heterocycles. The van der Waals surface area contributed by atoms with Crippen molar-refractivity contribution in [3.05, 3.63) is 48.3 Å². The van der Waals surface area contributed by atoms with Gasteiger partial charge in [-0.05, 0) is 37.3 Å². The van der Waals surface area contributed by atoms with E-state index in [1.54, 1.807) is 17.1 Å². The molecule has 0 spiro atoms. The fraction of sp³-hybridized carbons (Fsp3) is 0.375. The Hall–Kier alpha value is -1.62. The molecule has 3 rings (SSSR count). The van der Waals surface area contributed by atoms with Gasteiger partial charge in [0, 0.05) is 17.6 Å². The number of amides is 1. The topological polar surface area (TPSA) is 46.9 Å². The Morgan fingerprint density at radius 3 is 2.86 bits per heavy atom. The molecular formula is C16H18BrN3O. The second-order valence-corrected chi connectivity index (χ2v) is 6.79. The number of hydrogen-bond acceptors (Lipinski definition) is 2. The summed E-state index contributed by atoms with van der Waals surface area (Å²) in [5, 5.41) is 7.26. The summed E-state index contributed by atoms with van der Waals surface area (Å²) >= 11 is 3.63. The van der Waals surface area contributed by atoms with E-state index in [4.69, 9.17) is 0 Å². The van der Waals surface area contributed by atoms with Gasteiger partial charge in [0.05, 0.1) is 17.4 Å². The molecule has 0 aliphatic heterocycles. The van der Waals surface area contributed by atoms with Crippen LogP contribution in [0.5, 0.6) is 0 Å². The van der Waals surface area contributed by atoms with Crippen LogP contribution in [0.4, 0.5) is 0 Å². The second kappa shape index (κ2) is 6.43. The normalized spacial score (nSPS) is 21.4. The predicted molar refractivity (Wildman–Crippen MR) is 86.0 cm³/mol. The standard InChI is InChI=1S/C16H18BrN3O/c17-14-7-6-12(8-14)9-18-16(21)13-10-19-20(11-13)15-4-2-1-3-5-15/h1-5,10-12,14H,6-9H2,(H,18,21). The van der Waals surface area contributed by atoms with Crippen LogP contribution < -0.4 is 5.32 Å². The number of carbonyl (C=O) groups excluding carboxylic acids is 1. The highest BCUT2D eigenvalue weighted by Gasteiger charge is 2.23.